The number of halogens is 3. The predicted molar refractivity (Wildman–Crippen MR) is 74.8 cm³/mol. The van der Waals surface area contributed by atoms with E-state index in [0.29, 0.717) is 6.54 Å². The predicted octanol–water partition coefficient (Wildman–Crippen LogP) is 4.29. The van der Waals surface area contributed by atoms with Crippen LogP contribution >= 0.6 is 0 Å². The number of ether oxygens (including phenoxy) is 1. The average Bonchev–Trinajstić information content (AvgIpc) is 2.38. The van der Waals surface area contributed by atoms with Crippen LogP contribution in [0.5, 0.6) is 0 Å². The second-order valence-corrected chi connectivity index (χ2v) is 5.91. The molecule has 5 heteroatoms. The fraction of sp³-hybridized carbons (Fsp3) is 1.00. The van der Waals surface area contributed by atoms with Crippen LogP contribution in [0.3, 0.4) is 0 Å². The van der Waals surface area contributed by atoms with Crippen LogP contribution in [0.15, 0.2) is 0 Å². The summed E-state index contributed by atoms with van der Waals surface area (Å²) in [6.45, 7) is 5.46. The van der Waals surface area contributed by atoms with Crippen LogP contribution in [0.1, 0.15) is 58.8 Å². The molecule has 1 N–H and O–H groups in total. The lowest BCUT2D eigenvalue weighted by atomic mass is 9.77. The number of nitrogens with one attached hydrogen (secondary N) is 1. The number of alkyl halides is 3. The molecule has 0 amide bonds. The molecule has 0 saturated heterocycles. The number of likely N-dealkylation sites (N-methyl/N-ethyl adjacent to an activating group) is 1. The van der Waals surface area contributed by atoms with Crippen LogP contribution < -0.4 is 5.32 Å². The van der Waals surface area contributed by atoms with Crippen molar-refractivity contribution in [2.24, 2.45) is 5.92 Å². The van der Waals surface area contributed by atoms with E-state index in [4.69, 9.17) is 4.74 Å². The summed E-state index contributed by atoms with van der Waals surface area (Å²) >= 11 is 0. The molecular formula is C15H28F3NO. The number of hydrogen-bond donors (Lipinski definition) is 1. The standard InChI is InChI=1S/C15H28F3NO/c1-3-5-13-6-8-14(9-7-13,12-19-4-2)20-11-10-15(16,17)18/h13,19H,3-12H2,1-2H3. The Balaban J connectivity index is 2.46. The SMILES string of the molecule is CCCC1CCC(CNCC)(OCCC(F)(F)F)CC1. The maximum atomic E-state index is 12.3. The molecule has 1 saturated carbocycles. The van der Waals surface area contributed by atoms with Gasteiger partial charge in [0.15, 0.2) is 0 Å². The number of hydrogen-bond acceptors (Lipinski definition) is 2. The van der Waals surface area contributed by atoms with Crippen molar-refractivity contribution in [1.29, 1.82) is 0 Å². The monoisotopic (exact) mass is 295 g/mol. The Bertz CT molecular complexity index is 260. The summed E-state index contributed by atoms with van der Waals surface area (Å²) in [6, 6.07) is 0. The first kappa shape index (κ1) is 17.8. The zero-order valence-corrected chi connectivity index (χ0v) is 12.7. The second kappa shape index (κ2) is 8.23. The quantitative estimate of drug-likeness (QED) is 0.721. The van der Waals surface area contributed by atoms with Gasteiger partial charge in [0, 0.05) is 6.54 Å². The van der Waals surface area contributed by atoms with Gasteiger partial charge in [0.2, 0.25) is 0 Å². The molecule has 0 bridgehead atoms. The van der Waals surface area contributed by atoms with Gasteiger partial charge in [0.05, 0.1) is 18.6 Å². The third kappa shape index (κ3) is 6.44. The minimum Gasteiger partial charge on any atom is -0.373 e. The van der Waals surface area contributed by atoms with Crippen LogP contribution in [0, 0.1) is 5.92 Å². The van der Waals surface area contributed by atoms with Gasteiger partial charge in [-0.2, -0.15) is 13.2 Å². The minimum atomic E-state index is -4.13. The molecule has 0 atom stereocenters. The Morgan fingerprint density at radius 3 is 2.35 bits per heavy atom. The third-order valence-corrected chi connectivity index (χ3v) is 4.20. The lowest BCUT2D eigenvalue weighted by Crippen LogP contribution is -2.46. The van der Waals surface area contributed by atoms with Crippen molar-refractivity contribution in [1.82, 2.24) is 5.32 Å². The van der Waals surface area contributed by atoms with Gasteiger partial charge in [-0.1, -0.05) is 26.7 Å². The van der Waals surface area contributed by atoms with Gasteiger partial charge in [0.25, 0.3) is 0 Å². The summed E-state index contributed by atoms with van der Waals surface area (Å²) in [5.74, 6) is 0.723. The van der Waals surface area contributed by atoms with Crippen LogP contribution in [0.2, 0.25) is 0 Å². The molecular weight excluding hydrogens is 267 g/mol. The highest BCUT2D eigenvalue weighted by Gasteiger charge is 2.37. The second-order valence-electron chi connectivity index (χ2n) is 5.91. The van der Waals surface area contributed by atoms with Crippen LogP contribution in [-0.2, 0) is 4.74 Å². The average molecular weight is 295 g/mol. The summed E-state index contributed by atoms with van der Waals surface area (Å²) in [7, 11) is 0. The Hall–Kier alpha value is -0.290. The fourth-order valence-corrected chi connectivity index (χ4v) is 3.01. The Morgan fingerprint density at radius 2 is 1.85 bits per heavy atom. The van der Waals surface area contributed by atoms with Gasteiger partial charge in [-0.15, -0.1) is 0 Å². The third-order valence-electron chi connectivity index (χ3n) is 4.20. The first-order chi connectivity index (χ1) is 9.41. The van der Waals surface area contributed by atoms with Gasteiger partial charge < -0.3 is 10.1 Å². The van der Waals surface area contributed by atoms with Gasteiger partial charge in [0.1, 0.15) is 0 Å². The molecule has 0 unspecified atom stereocenters. The van der Waals surface area contributed by atoms with E-state index in [1.54, 1.807) is 0 Å². The van der Waals surface area contributed by atoms with E-state index in [2.05, 4.69) is 12.2 Å². The molecule has 20 heavy (non-hydrogen) atoms. The molecule has 1 fully saturated rings. The van der Waals surface area contributed by atoms with E-state index in [-0.39, 0.29) is 12.2 Å². The highest BCUT2D eigenvalue weighted by Crippen LogP contribution is 2.37. The molecule has 0 aromatic rings. The Labute approximate surface area is 120 Å². The zero-order valence-electron chi connectivity index (χ0n) is 12.7. The van der Waals surface area contributed by atoms with Gasteiger partial charge in [-0.3, -0.25) is 0 Å². The Morgan fingerprint density at radius 1 is 1.20 bits per heavy atom. The normalized spacial score (nSPS) is 27.8. The molecule has 120 valence electrons. The Kier molecular flexibility index (Phi) is 7.30. The topological polar surface area (TPSA) is 21.3 Å². The first-order valence-corrected chi connectivity index (χ1v) is 7.82. The van der Waals surface area contributed by atoms with Crippen molar-refractivity contribution < 1.29 is 17.9 Å². The van der Waals surface area contributed by atoms with Crippen LogP contribution in [-0.4, -0.2) is 31.5 Å². The number of rotatable bonds is 8. The maximum absolute atomic E-state index is 12.3. The highest BCUT2D eigenvalue weighted by atomic mass is 19.4. The summed E-state index contributed by atoms with van der Waals surface area (Å²) in [4.78, 5) is 0. The zero-order chi connectivity index (χ0) is 15.1. The molecule has 0 aromatic carbocycles. The molecule has 0 radical (unpaired) electrons. The van der Waals surface area contributed by atoms with Gasteiger partial charge in [-0.05, 0) is 38.1 Å². The van der Waals surface area contributed by atoms with Crippen LogP contribution in [0.25, 0.3) is 0 Å². The summed E-state index contributed by atoms with van der Waals surface area (Å²) in [5.41, 5.74) is -0.383. The molecule has 0 aliphatic heterocycles. The van der Waals surface area contributed by atoms with E-state index in [0.717, 1.165) is 38.1 Å². The minimum absolute atomic E-state index is 0.215. The van der Waals surface area contributed by atoms with Gasteiger partial charge in [-0.25, -0.2) is 0 Å². The van der Waals surface area contributed by atoms with Crippen molar-refractivity contribution in [3.8, 4) is 0 Å². The fourth-order valence-electron chi connectivity index (χ4n) is 3.01. The summed E-state index contributed by atoms with van der Waals surface area (Å²) < 4.78 is 42.5. The molecule has 1 rings (SSSR count). The van der Waals surface area contributed by atoms with Crippen molar-refractivity contribution >= 4 is 0 Å². The first-order valence-electron chi connectivity index (χ1n) is 7.82. The van der Waals surface area contributed by atoms with E-state index >= 15 is 0 Å². The molecule has 1 aliphatic rings. The molecule has 0 spiro atoms. The van der Waals surface area contributed by atoms with Crippen molar-refractivity contribution in [2.45, 2.75) is 70.6 Å². The smallest absolute Gasteiger partial charge is 0.373 e. The van der Waals surface area contributed by atoms with E-state index < -0.39 is 12.6 Å². The van der Waals surface area contributed by atoms with Crippen molar-refractivity contribution in [2.75, 3.05) is 19.7 Å². The molecule has 2 nitrogen and oxygen atoms in total. The largest absolute Gasteiger partial charge is 0.391 e. The van der Waals surface area contributed by atoms with Crippen molar-refractivity contribution in [3.63, 3.8) is 0 Å². The summed E-state index contributed by atoms with van der Waals surface area (Å²) in [5, 5.41) is 3.25. The lowest BCUT2D eigenvalue weighted by molar-refractivity contribution is -0.163. The highest BCUT2D eigenvalue weighted by molar-refractivity contribution is 4.89. The molecule has 1 aliphatic carbocycles. The molecule has 0 aromatic heterocycles. The van der Waals surface area contributed by atoms with E-state index in [1.165, 1.54) is 12.8 Å². The maximum Gasteiger partial charge on any atom is 0.391 e. The molecule has 0 heterocycles. The van der Waals surface area contributed by atoms with Gasteiger partial charge >= 0.3 is 6.18 Å². The van der Waals surface area contributed by atoms with E-state index in [1.807, 2.05) is 6.92 Å². The summed E-state index contributed by atoms with van der Waals surface area (Å²) in [6.07, 6.45) is 1.33. The lowest BCUT2D eigenvalue weighted by Gasteiger charge is -2.40. The van der Waals surface area contributed by atoms with Crippen molar-refractivity contribution in [3.05, 3.63) is 0 Å². The van der Waals surface area contributed by atoms with Crippen LogP contribution in [0.4, 0.5) is 13.2 Å². The van der Waals surface area contributed by atoms with E-state index in [9.17, 15) is 13.2 Å².